The molecule has 0 spiro atoms. The lowest BCUT2D eigenvalue weighted by Crippen LogP contribution is -2.07. The fourth-order valence-electron chi connectivity index (χ4n) is 2.53. The number of benzene rings is 2. The highest BCUT2D eigenvalue weighted by Crippen LogP contribution is 2.26. The first-order valence-electron chi connectivity index (χ1n) is 8.77. The predicted molar refractivity (Wildman–Crippen MR) is 113 cm³/mol. The van der Waals surface area contributed by atoms with E-state index < -0.39 is 12.5 Å². The molecule has 2 aromatic carbocycles. The van der Waals surface area contributed by atoms with Crippen LogP contribution in [0.3, 0.4) is 0 Å². The van der Waals surface area contributed by atoms with Crippen molar-refractivity contribution in [3.8, 4) is 17.0 Å². The molecule has 0 aliphatic carbocycles. The van der Waals surface area contributed by atoms with Crippen LogP contribution in [0.1, 0.15) is 12.5 Å². The van der Waals surface area contributed by atoms with Gasteiger partial charge in [-0.2, -0.15) is 8.78 Å². The summed E-state index contributed by atoms with van der Waals surface area (Å²) < 4.78 is 29.3. The van der Waals surface area contributed by atoms with Crippen molar-refractivity contribution in [2.45, 2.75) is 13.5 Å². The Morgan fingerprint density at radius 1 is 1.10 bits per heavy atom. The summed E-state index contributed by atoms with van der Waals surface area (Å²) in [7, 11) is 0. The van der Waals surface area contributed by atoms with Crippen LogP contribution >= 0.6 is 11.3 Å². The van der Waals surface area contributed by atoms with Gasteiger partial charge in [0.2, 0.25) is 11.8 Å². The van der Waals surface area contributed by atoms with E-state index in [1.165, 1.54) is 36.5 Å². The zero-order valence-electron chi connectivity index (χ0n) is 15.8. The van der Waals surface area contributed by atoms with Crippen LogP contribution in [0.5, 0.6) is 5.75 Å². The van der Waals surface area contributed by atoms with Crippen LogP contribution in [-0.2, 0) is 9.59 Å². The molecular weight excluding hydrogens is 412 g/mol. The Morgan fingerprint density at radius 3 is 2.53 bits per heavy atom. The summed E-state index contributed by atoms with van der Waals surface area (Å²) in [5.41, 5.74) is 2.53. The second-order valence-electron chi connectivity index (χ2n) is 6.04. The van der Waals surface area contributed by atoms with E-state index in [-0.39, 0.29) is 11.7 Å². The molecule has 0 unspecified atom stereocenters. The number of hydrogen-bond acceptors (Lipinski definition) is 5. The van der Waals surface area contributed by atoms with E-state index in [2.05, 4.69) is 20.4 Å². The average molecular weight is 429 g/mol. The van der Waals surface area contributed by atoms with Gasteiger partial charge in [0, 0.05) is 35.2 Å². The lowest BCUT2D eigenvalue weighted by atomic mass is 10.1. The standard InChI is InChI=1S/C21H17F2N3O3S/c1-13(27)24-16-9-6-14(7-10-16)17-12-30-21(25-17)26-19(28)11-8-15-4-2-3-5-18(15)29-20(22)23/h2-12,20H,1H3,(H,24,27)(H,25,26,28)/b11-8+. The minimum Gasteiger partial charge on any atom is -0.434 e. The number of rotatable bonds is 7. The van der Waals surface area contributed by atoms with Crippen LogP contribution in [-0.4, -0.2) is 23.4 Å². The van der Waals surface area contributed by atoms with Crippen molar-refractivity contribution in [2.75, 3.05) is 10.6 Å². The van der Waals surface area contributed by atoms with Crippen LogP contribution in [0.4, 0.5) is 19.6 Å². The van der Waals surface area contributed by atoms with Gasteiger partial charge in [0.25, 0.3) is 0 Å². The fourth-order valence-corrected chi connectivity index (χ4v) is 3.25. The number of para-hydroxylation sites is 1. The number of anilines is 2. The van der Waals surface area contributed by atoms with Gasteiger partial charge in [-0.05, 0) is 24.3 Å². The summed E-state index contributed by atoms with van der Waals surface area (Å²) in [5, 5.41) is 7.50. The first kappa shape index (κ1) is 21.1. The van der Waals surface area contributed by atoms with Crippen LogP contribution in [0.25, 0.3) is 17.3 Å². The Balaban J connectivity index is 1.64. The van der Waals surface area contributed by atoms with Gasteiger partial charge in [-0.3, -0.25) is 14.9 Å². The van der Waals surface area contributed by atoms with E-state index in [1.54, 1.807) is 35.7 Å². The molecule has 154 valence electrons. The second-order valence-corrected chi connectivity index (χ2v) is 6.89. The molecule has 0 saturated carbocycles. The molecule has 0 radical (unpaired) electrons. The molecule has 2 amide bonds. The molecule has 1 heterocycles. The average Bonchev–Trinajstić information content (AvgIpc) is 3.15. The number of carbonyl (C=O) groups is 2. The van der Waals surface area contributed by atoms with E-state index in [0.717, 1.165) is 5.56 Å². The predicted octanol–water partition coefficient (Wildman–Crippen LogP) is 5.02. The van der Waals surface area contributed by atoms with E-state index in [1.807, 2.05) is 12.1 Å². The zero-order valence-corrected chi connectivity index (χ0v) is 16.6. The molecule has 9 heteroatoms. The molecule has 3 rings (SSSR count). The van der Waals surface area contributed by atoms with Gasteiger partial charge in [-0.1, -0.05) is 30.3 Å². The Hall–Kier alpha value is -3.59. The third-order valence-electron chi connectivity index (χ3n) is 3.78. The minimum absolute atomic E-state index is 0.0178. The number of nitrogens with one attached hydrogen (secondary N) is 2. The third kappa shape index (κ3) is 5.95. The molecule has 1 aromatic heterocycles. The number of nitrogens with zero attached hydrogens (tertiary/aromatic N) is 1. The number of hydrogen-bond donors (Lipinski definition) is 2. The number of alkyl halides is 2. The van der Waals surface area contributed by atoms with Gasteiger partial charge >= 0.3 is 6.61 Å². The Kier molecular flexibility index (Phi) is 6.87. The number of ether oxygens (including phenoxy) is 1. The van der Waals surface area contributed by atoms with E-state index in [0.29, 0.717) is 22.1 Å². The quantitative estimate of drug-likeness (QED) is 0.517. The molecule has 6 nitrogen and oxygen atoms in total. The molecule has 3 aromatic rings. The Morgan fingerprint density at radius 2 is 1.83 bits per heavy atom. The molecule has 0 atom stereocenters. The molecular formula is C21H17F2N3O3S. The van der Waals surface area contributed by atoms with Crippen molar-refractivity contribution in [1.29, 1.82) is 0 Å². The monoisotopic (exact) mass is 429 g/mol. The van der Waals surface area contributed by atoms with E-state index >= 15 is 0 Å². The third-order valence-corrected chi connectivity index (χ3v) is 4.54. The Bertz CT molecular complexity index is 1070. The van der Waals surface area contributed by atoms with Gasteiger partial charge in [0.05, 0.1) is 5.69 Å². The number of carbonyl (C=O) groups excluding carboxylic acids is 2. The van der Waals surface area contributed by atoms with Crippen LogP contribution in [0, 0.1) is 0 Å². The van der Waals surface area contributed by atoms with E-state index in [9.17, 15) is 18.4 Å². The summed E-state index contributed by atoms with van der Waals surface area (Å²) in [4.78, 5) is 27.6. The largest absolute Gasteiger partial charge is 0.434 e. The summed E-state index contributed by atoms with van der Waals surface area (Å²) in [6.07, 6.45) is 2.61. The number of halogens is 2. The van der Waals surface area contributed by atoms with Crippen molar-refractivity contribution in [3.05, 3.63) is 65.6 Å². The van der Waals surface area contributed by atoms with Gasteiger partial charge < -0.3 is 10.1 Å². The van der Waals surface area contributed by atoms with Gasteiger partial charge in [-0.25, -0.2) is 4.98 Å². The summed E-state index contributed by atoms with van der Waals surface area (Å²) in [5.74, 6) is -0.627. The van der Waals surface area contributed by atoms with Crippen molar-refractivity contribution in [2.24, 2.45) is 0 Å². The van der Waals surface area contributed by atoms with Crippen LogP contribution < -0.4 is 15.4 Å². The first-order valence-corrected chi connectivity index (χ1v) is 9.65. The Labute approximate surface area is 175 Å². The van der Waals surface area contributed by atoms with Gasteiger partial charge in [-0.15, -0.1) is 11.3 Å². The van der Waals surface area contributed by atoms with E-state index in [4.69, 9.17) is 0 Å². The molecule has 0 fully saturated rings. The smallest absolute Gasteiger partial charge is 0.387 e. The zero-order chi connectivity index (χ0) is 21.5. The first-order chi connectivity index (χ1) is 14.4. The van der Waals surface area contributed by atoms with Crippen molar-refractivity contribution in [1.82, 2.24) is 4.98 Å². The van der Waals surface area contributed by atoms with Crippen LogP contribution in [0.15, 0.2) is 60.0 Å². The second kappa shape index (κ2) is 9.75. The molecule has 0 aliphatic rings. The maximum absolute atomic E-state index is 12.5. The maximum Gasteiger partial charge on any atom is 0.387 e. The molecule has 0 aliphatic heterocycles. The van der Waals surface area contributed by atoms with Crippen molar-refractivity contribution >= 4 is 40.0 Å². The number of aromatic nitrogens is 1. The highest BCUT2D eigenvalue weighted by Gasteiger charge is 2.09. The molecule has 0 bridgehead atoms. The molecule has 30 heavy (non-hydrogen) atoms. The lowest BCUT2D eigenvalue weighted by molar-refractivity contribution is -0.114. The highest BCUT2D eigenvalue weighted by molar-refractivity contribution is 7.14. The number of amides is 2. The summed E-state index contributed by atoms with van der Waals surface area (Å²) in [6.45, 7) is -1.52. The van der Waals surface area contributed by atoms with Gasteiger partial charge in [0.15, 0.2) is 5.13 Å². The minimum atomic E-state index is -2.95. The SMILES string of the molecule is CC(=O)Nc1ccc(-c2csc(NC(=O)/C=C/c3ccccc3OC(F)F)n2)cc1. The van der Waals surface area contributed by atoms with Crippen LogP contribution in [0.2, 0.25) is 0 Å². The molecule has 0 saturated heterocycles. The maximum atomic E-state index is 12.5. The van der Waals surface area contributed by atoms with Gasteiger partial charge in [0.1, 0.15) is 5.75 Å². The number of thiazole rings is 1. The fraction of sp³-hybridized carbons (Fsp3) is 0.0952. The highest BCUT2D eigenvalue weighted by atomic mass is 32.1. The van der Waals surface area contributed by atoms with Crippen molar-refractivity contribution < 1.29 is 23.1 Å². The normalized spacial score (nSPS) is 10.9. The topological polar surface area (TPSA) is 80.3 Å². The summed E-state index contributed by atoms with van der Waals surface area (Å²) in [6, 6.07) is 13.3. The lowest BCUT2D eigenvalue weighted by Gasteiger charge is -2.07. The summed E-state index contributed by atoms with van der Waals surface area (Å²) >= 11 is 1.25. The molecule has 2 N–H and O–H groups in total. The van der Waals surface area contributed by atoms with Crippen molar-refractivity contribution in [3.63, 3.8) is 0 Å².